The minimum Gasteiger partial charge on any atom is -0.207 e. The Morgan fingerprint density at radius 1 is 0.222 bits per heavy atom. The van der Waals surface area contributed by atoms with Gasteiger partial charge in [0.25, 0.3) is 0 Å². The predicted molar refractivity (Wildman–Crippen MR) is 341 cm³/mol. The number of halogens is 20. The van der Waals surface area contributed by atoms with E-state index in [2.05, 4.69) is 0 Å². The van der Waals surface area contributed by atoms with E-state index < -0.39 is 40.7 Å². The molecule has 0 saturated heterocycles. The van der Waals surface area contributed by atoms with Crippen molar-refractivity contribution in [3.63, 3.8) is 0 Å². The Morgan fingerprint density at radius 3 is 1.06 bits per heavy atom. The molecule has 0 amide bonds. The summed E-state index contributed by atoms with van der Waals surface area (Å²) < 4.78 is 173. The summed E-state index contributed by atoms with van der Waals surface area (Å²) in [6, 6.07) is 42.2. The summed E-state index contributed by atoms with van der Waals surface area (Å²) in [4.78, 5) is 0. The van der Waals surface area contributed by atoms with Gasteiger partial charge in [0, 0.05) is 37.3 Å². The van der Waals surface area contributed by atoms with Gasteiger partial charge in [-0.25, -0.2) is 61.5 Å². The van der Waals surface area contributed by atoms with Gasteiger partial charge in [0.05, 0.1) is 10.0 Å². The highest BCUT2D eigenvalue weighted by Crippen LogP contribution is 2.21. The van der Waals surface area contributed by atoms with Crippen LogP contribution in [0.5, 0.6) is 0 Å². The van der Waals surface area contributed by atoms with Crippen LogP contribution in [-0.4, -0.2) is 0 Å². The van der Waals surface area contributed by atoms with Crippen LogP contribution in [0.2, 0.25) is 30.1 Å². The standard InChI is InChI=1S/6C7H6ClF.4C7H6F2/c1-5-4-6(8)2-3-7(5)9;1-5-2-3-6(9)4-7(5)8;1-5-2-3-6(8)4-7(5)9;1-5-6(8)3-2-4-7(5)9;1-5-3-2-4-6(9)7(5)8;1-5-3-2-4-6(8)7(5)9;1-5-2-6(8)4-7(9)3-5;1-5-4-6(8)2-3-7(5)9;1-5-2-3-6(8)7(9)4-5;1-5-6(8)3-2-4-7(5)9/h10*2-4H,1H3. The molecule has 480 valence electrons. The lowest BCUT2D eigenvalue weighted by molar-refractivity contribution is 0.508. The van der Waals surface area contributed by atoms with E-state index in [-0.39, 0.29) is 56.3 Å². The zero-order valence-electron chi connectivity index (χ0n) is 49.9. The molecule has 0 radical (unpaired) electrons. The summed E-state index contributed by atoms with van der Waals surface area (Å²) in [6.45, 7) is 16.6. The van der Waals surface area contributed by atoms with Gasteiger partial charge in [0.2, 0.25) is 0 Å². The molecule has 0 bridgehead atoms. The molecule has 0 heterocycles. The topological polar surface area (TPSA) is 0 Å². The second kappa shape index (κ2) is 42.1. The van der Waals surface area contributed by atoms with E-state index in [4.69, 9.17) is 69.6 Å². The number of hydrogen-bond donors (Lipinski definition) is 0. The molecule has 20 heteroatoms. The quantitative estimate of drug-likeness (QED) is 0.133. The molecular formula is C70H60Cl6F14. The van der Waals surface area contributed by atoms with Crippen LogP contribution >= 0.6 is 69.6 Å². The average Bonchev–Trinajstić information content (AvgIpc) is 3.69. The van der Waals surface area contributed by atoms with Gasteiger partial charge in [0.1, 0.15) is 69.8 Å². The van der Waals surface area contributed by atoms with Crippen molar-refractivity contribution in [2.75, 3.05) is 0 Å². The van der Waals surface area contributed by atoms with Gasteiger partial charge in [-0.05, 0) is 235 Å². The fraction of sp³-hybridized carbons (Fsp3) is 0.143. The Morgan fingerprint density at radius 2 is 0.656 bits per heavy atom. The molecule has 10 aromatic rings. The molecule has 0 atom stereocenters. The van der Waals surface area contributed by atoms with Crippen molar-refractivity contribution in [2.24, 2.45) is 0 Å². The second-order valence-corrected chi connectivity index (χ2v) is 21.3. The first-order valence-electron chi connectivity index (χ1n) is 26.2. The van der Waals surface area contributed by atoms with Gasteiger partial charge in [0.15, 0.2) is 11.6 Å². The molecule has 0 saturated carbocycles. The highest BCUT2D eigenvalue weighted by Gasteiger charge is 2.04. The van der Waals surface area contributed by atoms with Gasteiger partial charge in [-0.15, -0.1) is 0 Å². The SMILES string of the molecule is Cc1c(F)cccc1Cl.Cc1c(F)cccc1F.Cc1cc(Cl)ccc1F.Cc1cc(F)cc(F)c1.Cc1cc(F)ccc1F.Cc1ccc(Cl)cc1F.Cc1ccc(F)c(F)c1.Cc1ccc(F)cc1Cl.Cc1cccc(Cl)c1F.Cc1cccc(F)c1Cl. The average molecular weight is 1380 g/mol. The van der Waals surface area contributed by atoms with E-state index in [1.54, 1.807) is 109 Å². The lowest BCUT2D eigenvalue weighted by atomic mass is 10.2. The molecule has 0 spiro atoms. The molecule has 0 nitrogen and oxygen atoms in total. The molecule has 0 unspecified atom stereocenters. The fourth-order valence-electron chi connectivity index (χ4n) is 6.03. The predicted octanol–water partition coefficient (Wildman–Crippen LogP) is 25.8. The van der Waals surface area contributed by atoms with Gasteiger partial charge >= 0.3 is 0 Å². The molecule has 10 aromatic carbocycles. The van der Waals surface area contributed by atoms with Crippen LogP contribution in [0.1, 0.15) is 55.6 Å². The second-order valence-electron chi connectivity index (χ2n) is 18.9. The van der Waals surface area contributed by atoms with Crippen LogP contribution in [0.15, 0.2) is 182 Å². The Labute approximate surface area is 546 Å². The highest BCUT2D eigenvalue weighted by molar-refractivity contribution is 6.32. The molecular weight excluding hydrogens is 1320 g/mol. The normalized spacial score (nSPS) is 9.67. The third kappa shape index (κ3) is 32.6. The number of hydrogen-bond acceptors (Lipinski definition) is 0. The van der Waals surface area contributed by atoms with Crippen molar-refractivity contribution in [3.05, 3.63) is 349 Å². The van der Waals surface area contributed by atoms with Gasteiger partial charge in [-0.1, -0.05) is 124 Å². The van der Waals surface area contributed by atoms with Gasteiger partial charge in [-0.2, -0.15) is 0 Å². The van der Waals surface area contributed by atoms with Crippen molar-refractivity contribution >= 4 is 69.6 Å². The maximum atomic E-state index is 12.6. The first kappa shape index (κ1) is 81.0. The van der Waals surface area contributed by atoms with Crippen molar-refractivity contribution in [2.45, 2.75) is 69.2 Å². The maximum Gasteiger partial charge on any atom is 0.159 e. The number of benzene rings is 10. The van der Waals surface area contributed by atoms with E-state index in [9.17, 15) is 61.5 Å². The van der Waals surface area contributed by atoms with E-state index in [0.717, 1.165) is 53.1 Å². The molecule has 90 heavy (non-hydrogen) atoms. The number of rotatable bonds is 0. The summed E-state index contributed by atoms with van der Waals surface area (Å²) in [7, 11) is 0. The molecule has 0 aliphatic carbocycles. The van der Waals surface area contributed by atoms with Crippen molar-refractivity contribution in [3.8, 4) is 0 Å². The maximum absolute atomic E-state index is 12.6. The van der Waals surface area contributed by atoms with Crippen LogP contribution in [-0.2, 0) is 0 Å². The van der Waals surface area contributed by atoms with E-state index in [0.29, 0.717) is 53.5 Å². The Bertz CT molecular complexity index is 3230. The summed E-state index contributed by atoms with van der Waals surface area (Å²) in [5.41, 5.74) is 5.74. The van der Waals surface area contributed by atoms with Crippen molar-refractivity contribution in [1.29, 1.82) is 0 Å². The minimum atomic E-state index is -0.791. The summed E-state index contributed by atoms with van der Waals surface area (Å²) in [6.07, 6.45) is 0. The molecule has 0 fully saturated rings. The fourth-order valence-corrected chi connectivity index (χ4v) is 7.09. The highest BCUT2D eigenvalue weighted by atomic mass is 35.5. The molecule has 0 N–H and O–H groups in total. The van der Waals surface area contributed by atoms with Gasteiger partial charge in [-0.3, -0.25) is 0 Å². The zero-order chi connectivity index (χ0) is 68.5. The lowest BCUT2D eigenvalue weighted by Gasteiger charge is -1.95. The minimum absolute atomic E-state index is 0.0810. The summed E-state index contributed by atoms with van der Waals surface area (Å²) in [5.74, 6) is -6.02. The van der Waals surface area contributed by atoms with E-state index in [1.807, 2.05) is 6.92 Å². The molecule has 10 rings (SSSR count). The largest absolute Gasteiger partial charge is 0.207 e. The summed E-state index contributed by atoms with van der Waals surface area (Å²) in [5, 5.41) is 2.39. The summed E-state index contributed by atoms with van der Waals surface area (Å²) >= 11 is 33.1. The Balaban J connectivity index is 0.000000500. The van der Waals surface area contributed by atoms with Crippen LogP contribution < -0.4 is 0 Å². The van der Waals surface area contributed by atoms with Crippen molar-refractivity contribution in [1.82, 2.24) is 0 Å². The Hall–Kier alpha value is -7.04. The van der Waals surface area contributed by atoms with E-state index >= 15 is 0 Å². The first-order valence-corrected chi connectivity index (χ1v) is 28.4. The van der Waals surface area contributed by atoms with Crippen LogP contribution in [0.3, 0.4) is 0 Å². The van der Waals surface area contributed by atoms with E-state index in [1.165, 1.54) is 98.8 Å². The monoisotopic (exact) mass is 1380 g/mol. The third-order valence-electron chi connectivity index (χ3n) is 11.3. The van der Waals surface area contributed by atoms with Gasteiger partial charge < -0.3 is 0 Å². The third-order valence-corrected chi connectivity index (χ3v) is 13.3. The molecule has 0 aliphatic rings. The van der Waals surface area contributed by atoms with Crippen LogP contribution in [0.25, 0.3) is 0 Å². The first-order chi connectivity index (χ1) is 42.0. The smallest absolute Gasteiger partial charge is 0.159 e. The zero-order valence-corrected chi connectivity index (χ0v) is 54.4. The molecule has 0 aliphatic heterocycles. The Kier molecular flexibility index (Phi) is 37.9. The van der Waals surface area contributed by atoms with Crippen LogP contribution in [0, 0.1) is 151 Å². The number of aryl methyl sites for hydroxylation is 8. The molecule has 0 aromatic heterocycles. The van der Waals surface area contributed by atoms with Crippen molar-refractivity contribution < 1.29 is 61.5 Å². The van der Waals surface area contributed by atoms with Crippen LogP contribution in [0.4, 0.5) is 61.5 Å². The lowest BCUT2D eigenvalue weighted by Crippen LogP contribution is -1.85.